The molecule has 26 heavy (non-hydrogen) atoms. The lowest BCUT2D eigenvalue weighted by Gasteiger charge is -2.17. The monoisotopic (exact) mass is 344 g/mol. The zero-order valence-electron chi connectivity index (χ0n) is 15.2. The molecule has 0 spiro atoms. The van der Waals surface area contributed by atoms with Crippen molar-refractivity contribution in [3.05, 3.63) is 59.2 Å². The fourth-order valence-corrected chi connectivity index (χ4v) is 3.23. The third-order valence-electron chi connectivity index (χ3n) is 4.73. The topological polar surface area (TPSA) is 77.8 Å². The molecule has 0 fully saturated rings. The average molecular weight is 344 g/mol. The smallest absolute Gasteiger partial charge is 0.222 e. The van der Waals surface area contributed by atoms with E-state index in [0.29, 0.717) is 18.2 Å². The summed E-state index contributed by atoms with van der Waals surface area (Å²) in [4.78, 5) is 8.29. The third-order valence-corrected chi connectivity index (χ3v) is 4.73. The van der Waals surface area contributed by atoms with Crippen molar-refractivity contribution in [1.82, 2.24) is 9.97 Å². The Morgan fingerprint density at radius 3 is 2.35 bits per heavy atom. The van der Waals surface area contributed by atoms with Crippen LogP contribution < -0.4 is 11.5 Å². The highest BCUT2D eigenvalue weighted by atomic mass is 15.0. The van der Waals surface area contributed by atoms with E-state index < -0.39 is 0 Å². The summed E-state index contributed by atoms with van der Waals surface area (Å²) < 4.78 is 0. The number of aromatic nitrogens is 2. The summed E-state index contributed by atoms with van der Waals surface area (Å²) in [7, 11) is 0. The molecule has 2 aromatic carbocycles. The molecule has 1 aromatic heterocycles. The van der Waals surface area contributed by atoms with Crippen molar-refractivity contribution in [2.24, 2.45) is 0 Å². The summed E-state index contributed by atoms with van der Waals surface area (Å²) >= 11 is 0. The lowest BCUT2D eigenvalue weighted by atomic mass is 9.88. The van der Waals surface area contributed by atoms with Crippen LogP contribution in [0, 0.1) is 12.3 Å². The van der Waals surface area contributed by atoms with Gasteiger partial charge in [0.25, 0.3) is 0 Å². The zero-order valence-corrected chi connectivity index (χ0v) is 15.2. The van der Waals surface area contributed by atoms with Crippen molar-refractivity contribution in [2.75, 3.05) is 11.5 Å². The fraction of sp³-hybridized carbons (Fsp3) is 0.273. The first kappa shape index (κ1) is 17.8. The standard InChI is InChI=1S/C22H24N4/c1-4-5-18(17-9-7-16(8-10-17)14(2)3)12-15-6-11-20-19(13-15)21(23)26-22(24)25-20/h1,6-11,13-14,18H,5,12H2,2-3H3,(H4,23,24,25,26). The van der Waals surface area contributed by atoms with Gasteiger partial charge in [-0.15, -0.1) is 12.3 Å². The van der Waals surface area contributed by atoms with Gasteiger partial charge >= 0.3 is 0 Å². The molecule has 4 N–H and O–H groups in total. The molecule has 1 unspecified atom stereocenters. The molecule has 4 heteroatoms. The van der Waals surface area contributed by atoms with E-state index in [4.69, 9.17) is 17.9 Å². The number of nitrogens with two attached hydrogens (primary N) is 2. The van der Waals surface area contributed by atoms with Gasteiger partial charge < -0.3 is 11.5 Å². The Balaban J connectivity index is 1.90. The minimum absolute atomic E-state index is 0.193. The molecule has 3 rings (SSSR count). The van der Waals surface area contributed by atoms with Crippen molar-refractivity contribution < 1.29 is 0 Å². The number of hydrogen-bond donors (Lipinski definition) is 2. The van der Waals surface area contributed by atoms with Gasteiger partial charge in [-0.05, 0) is 47.1 Å². The molecule has 0 amide bonds. The van der Waals surface area contributed by atoms with Gasteiger partial charge in [-0.25, -0.2) is 4.98 Å². The van der Waals surface area contributed by atoms with E-state index in [-0.39, 0.29) is 11.9 Å². The minimum Gasteiger partial charge on any atom is -0.383 e. The number of benzene rings is 2. The van der Waals surface area contributed by atoms with Crippen molar-refractivity contribution in [3.63, 3.8) is 0 Å². The summed E-state index contributed by atoms with van der Waals surface area (Å²) in [5.41, 5.74) is 16.2. The van der Waals surface area contributed by atoms with E-state index in [0.717, 1.165) is 22.9 Å². The van der Waals surface area contributed by atoms with Crippen LogP contribution in [0.4, 0.5) is 11.8 Å². The SMILES string of the molecule is C#CCC(Cc1ccc2nc(N)nc(N)c2c1)c1ccc(C(C)C)cc1. The largest absolute Gasteiger partial charge is 0.383 e. The van der Waals surface area contributed by atoms with Gasteiger partial charge in [0.1, 0.15) is 5.82 Å². The zero-order chi connectivity index (χ0) is 18.7. The quantitative estimate of drug-likeness (QED) is 0.678. The predicted molar refractivity (Wildman–Crippen MR) is 109 cm³/mol. The fourth-order valence-electron chi connectivity index (χ4n) is 3.23. The van der Waals surface area contributed by atoms with Gasteiger partial charge in [0, 0.05) is 11.8 Å². The van der Waals surface area contributed by atoms with Crippen LogP contribution in [0.25, 0.3) is 10.9 Å². The Bertz CT molecular complexity index is 952. The highest BCUT2D eigenvalue weighted by Crippen LogP contribution is 2.28. The van der Waals surface area contributed by atoms with Crippen molar-refractivity contribution in [2.45, 2.75) is 38.5 Å². The van der Waals surface area contributed by atoms with Crippen molar-refractivity contribution in [3.8, 4) is 12.3 Å². The normalized spacial score (nSPS) is 12.2. The molecule has 0 aliphatic heterocycles. The average Bonchev–Trinajstić information content (AvgIpc) is 2.62. The maximum absolute atomic E-state index is 6.01. The molecule has 1 heterocycles. The molecule has 0 radical (unpaired) electrons. The highest BCUT2D eigenvalue weighted by molar-refractivity contribution is 5.89. The van der Waals surface area contributed by atoms with Crippen LogP contribution in [-0.2, 0) is 6.42 Å². The first-order chi connectivity index (χ1) is 12.5. The van der Waals surface area contributed by atoms with Gasteiger partial charge in [0.2, 0.25) is 5.95 Å². The maximum atomic E-state index is 6.01. The second-order valence-electron chi connectivity index (χ2n) is 6.95. The van der Waals surface area contributed by atoms with E-state index in [9.17, 15) is 0 Å². The van der Waals surface area contributed by atoms with Crippen LogP contribution in [0.5, 0.6) is 0 Å². The molecule has 0 saturated heterocycles. The molecule has 0 aliphatic carbocycles. The summed E-state index contributed by atoms with van der Waals surface area (Å²) in [6.07, 6.45) is 7.15. The van der Waals surface area contributed by atoms with Gasteiger partial charge in [0.05, 0.1) is 5.52 Å². The second-order valence-corrected chi connectivity index (χ2v) is 6.95. The maximum Gasteiger partial charge on any atom is 0.222 e. The van der Waals surface area contributed by atoms with Gasteiger partial charge in [-0.1, -0.05) is 44.2 Å². The Morgan fingerprint density at radius 1 is 1.00 bits per heavy atom. The lowest BCUT2D eigenvalue weighted by molar-refractivity contribution is 0.706. The molecule has 0 aliphatic rings. The molecule has 4 nitrogen and oxygen atoms in total. The van der Waals surface area contributed by atoms with E-state index >= 15 is 0 Å². The second kappa shape index (κ2) is 7.45. The summed E-state index contributed by atoms with van der Waals surface area (Å²) in [5, 5.41) is 0.825. The van der Waals surface area contributed by atoms with Crippen LogP contribution in [0.1, 0.15) is 48.8 Å². The number of rotatable bonds is 5. The molecule has 0 saturated carbocycles. The highest BCUT2D eigenvalue weighted by Gasteiger charge is 2.13. The first-order valence-electron chi connectivity index (χ1n) is 8.83. The molecule has 0 bridgehead atoms. The van der Waals surface area contributed by atoms with Crippen LogP contribution in [0.15, 0.2) is 42.5 Å². The Hall–Kier alpha value is -3.06. The van der Waals surface area contributed by atoms with Crippen LogP contribution >= 0.6 is 0 Å². The predicted octanol–water partition coefficient (Wildman–Crippen LogP) is 4.27. The van der Waals surface area contributed by atoms with Crippen molar-refractivity contribution in [1.29, 1.82) is 0 Å². The first-order valence-corrected chi connectivity index (χ1v) is 8.83. The summed E-state index contributed by atoms with van der Waals surface area (Å²) in [5.74, 6) is 4.19. The van der Waals surface area contributed by atoms with Gasteiger partial charge in [-0.2, -0.15) is 4.98 Å². The minimum atomic E-state index is 0.193. The van der Waals surface area contributed by atoms with Gasteiger partial charge in [0.15, 0.2) is 0 Å². The molecular formula is C22H24N4. The Kier molecular flexibility index (Phi) is 5.09. The van der Waals surface area contributed by atoms with Crippen LogP contribution in [0.3, 0.4) is 0 Å². The summed E-state index contributed by atoms with van der Waals surface area (Å²) in [6, 6.07) is 14.8. The molecular weight excluding hydrogens is 320 g/mol. The van der Waals surface area contributed by atoms with E-state index in [1.165, 1.54) is 11.1 Å². The number of hydrogen-bond acceptors (Lipinski definition) is 4. The molecule has 132 valence electrons. The number of fused-ring (bicyclic) bond motifs is 1. The number of nitrogen functional groups attached to an aromatic ring is 2. The van der Waals surface area contributed by atoms with Gasteiger partial charge in [-0.3, -0.25) is 0 Å². The van der Waals surface area contributed by atoms with E-state index in [1.807, 2.05) is 12.1 Å². The summed E-state index contributed by atoms with van der Waals surface area (Å²) in [6.45, 7) is 4.39. The molecule has 1 atom stereocenters. The molecule has 3 aromatic rings. The number of anilines is 2. The van der Waals surface area contributed by atoms with E-state index in [1.54, 1.807) is 0 Å². The lowest BCUT2D eigenvalue weighted by Crippen LogP contribution is -2.04. The number of nitrogens with zero attached hydrogens (tertiary/aromatic N) is 2. The Labute approximate surface area is 154 Å². The third kappa shape index (κ3) is 3.78. The van der Waals surface area contributed by atoms with Crippen molar-refractivity contribution >= 4 is 22.7 Å². The van der Waals surface area contributed by atoms with E-state index in [2.05, 4.69) is 60.1 Å². The van der Waals surface area contributed by atoms with Crippen LogP contribution in [0.2, 0.25) is 0 Å². The Morgan fingerprint density at radius 2 is 1.69 bits per heavy atom. The van der Waals surface area contributed by atoms with Crippen LogP contribution in [-0.4, -0.2) is 9.97 Å². The number of terminal acetylenes is 1.